The van der Waals surface area contributed by atoms with Gasteiger partial charge in [-0.25, -0.2) is 4.79 Å². The molecule has 0 aromatic rings. The molecule has 2 saturated heterocycles. The van der Waals surface area contributed by atoms with E-state index in [0.29, 0.717) is 6.42 Å². The minimum Gasteiger partial charge on any atom is -0.459 e. The van der Waals surface area contributed by atoms with E-state index >= 15 is 0 Å². The highest BCUT2D eigenvalue weighted by atomic mass is 16.7. The minimum absolute atomic E-state index is 0.0209. The number of ketones is 1. The first-order valence-electron chi connectivity index (χ1n) is 12.1. The van der Waals surface area contributed by atoms with Crippen LogP contribution < -0.4 is 0 Å². The van der Waals surface area contributed by atoms with Gasteiger partial charge in [-0.2, -0.15) is 0 Å². The molecular formula is C25H34O9. The van der Waals surface area contributed by atoms with E-state index in [1.165, 1.54) is 6.08 Å². The van der Waals surface area contributed by atoms with Crippen LogP contribution >= 0.6 is 0 Å². The second kappa shape index (κ2) is 7.35. The maximum atomic E-state index is 13.2. The maximum absolute atomic E-state index is 13.2. The predicted octanol–water partition coefficient (Wildman–Crippen LogP) is 0.734. The highest BCUT2D eigenvalue weighted by Gasteiger charge is 2.83. The second-order valence-corrected chi connectivity index (χ2v) is 11.7. The summed E-state index contributed by atoms with van der Waals surface area (Å²) < 4.78 is 17.5. The van der Waals surface area contributed by atoms with Crippen molar-refractivity contribution in [2.45, 2.75) is 77.7 Å². The van der Waals surface area contributed by atoms with Crippen molar-refractivity contribution in [3.8, 4) is 0 Å². The van der Waals surface area contributed by atoms with Crippen molar-refractivity contribution < 1.29 is 43.9 Å². The third kappa shape index (κ3) is 2.72. The van der Waals surface area contributed by atoms with Crippen LogP contribution in [-0.2, 0) is 28.6 Å². The van der Waals surface area contributed by atoms with Crippen LogP contribution in [0.25, 0.3) is 0 Å². The van der Waals surface area contributed by atoms with E-state index in [1.54, 1.807) is 20.8 Å². The van der Waals surface area contributed by atoms with Crippen molar-refractivity contribution >= 4 is 17.7 Å². The number of rotatable bonds is 3. The zero-order chi connectivity index (χ0) is 25.0. The fourth-order valence-corrected chi connectivity index (χ4v) is 8.26. The maximum Gasteiger partial charge on any atom is 0.348 e. The van der Waals surface area contributed by atoms with E-state index in [9.17, 15) is 29.7 Å². The number of hydrogen-bond donors (Lipinski definition) is 3. The summed E-state index contributed by atoms with van der Waals surface area (Å²) in [7, 11) is 0. The van der Waals surface area contributed by atoms with Gasteiger partial charge >= 0.3 is 11.9 Å². The molecule has 2 saturated carbocycles. The first kappa shape index (κ1) is 23.9. The van der Waals surface area contributed by atoms with E-state index in [2.05, 4.69) is 0 Å². The van der Waals surface area contributed by atoms with Crippen molar-refractivity contribution in [1.82, 2.24) is 0 Å². The summed E-state index contributed by atoms with van der Waals surface area (Å²) in [5.41, 5.74) is -1.51. The highest BCUT2D eigenvalue weighted by molar-refractivity contribution is 5.96. The van der Waals surface area contributed by atoms with Crippen LogP contribution in [0.1, 0.15) is 47.5 Å². The van der Waals surface area contributed by atoms with Gasteiger partial charge in [0, 0.05) is 29.1 Å². The zero-order valence-electron chi connectivity index (χ0n) is 20.2. The van der Waals surface area contributed by atoms with Crippen LogP contribution in [0.15, 0.2) is 11.6 Å². The van der Waals surface area contributed by atoms with Crippen molar-refractivity contribution in [2.24, 2.45) is 40.4 Å². The van der Waals surface area contributed by atoms with Gasteiger partial charge in [0.2, 0.25) is 6.10 Å². The Labute approximate surface area is 198 Å². The molecule has 34 heavy (non-hydrogen) atoms. The second-order valence-electron chi connectivity index (χ2n) is 11.7. The number of hydrogen-bond acceptors (Lipinski definition) is 9. The summed E-state index contributed by atoms with van der Waals surface area (Å²) >= 11 is 0. The van der Waals surface area contributed by atoms with Crippen LogP contribution in [-0.4, -0.2) is 69.9 Å². The number of ether oxygens (including phenoxy) is 3. The van der Waals surface area contributed by atoms with Crippen LogP contribution in [0, 0.1) is 40.4 Å². The number of carbonyl (C=O) groups is 3. The number of aliphatic hydroxyl groups is 3. The summed E-state index contributed by atoms with van der Waals surface area (Å²) in [5, 5.41) is 34.3. The number of fused-ring (bicyclic) bond motifs is 1. The summed E-state index contributed by atoms with van der Waals surface area (Å²) in [6.07, 6.45) is -2.99. The Morgan fingerprint density at radius 3 is 2.62 bits per heavy atom. The molecule has 3 N–H and O–H groups in total. The SMILES string of the molecule is CC1=CC(=O)[C@@H](O)[C@]2(C)[C@@H]3C45CO[C@]3(O)[C@H](O)[C@H](C)[C@@H]4[C@@H](OC(=O)CC(C)C)C(=O)O[C@@H]5C[C@@H]12. The first-order valence-corrected chi connectivity index (χ1v) is 12.1. The molecule has 0 amide bonds. The Bertz CT molecular complexity index is 973. The summed E-state index contributed by atoms with van der Waals surface area (Å²) in [4.78, 5) is 38.6. The first-order chi connectivity index (χ1) is 15.8. The van der Waals surface area contributed by atoms with Crippen molar-refractivity contribution in [1.29, 1.82) is 0 Å². The van der Waals surface area contributed by atoms with Crippen LogP contribution in [0.5, 0.6) is 0 Å². The molecule has 5 aliphatic rings. The molecule has 11 atom stereocenters. The van der Waals surface area contributed by atoms with Gasteiger partial charge in [-0.05, 0) is 37.2 Å². The molecule has 188 valence electrons. The number of esters is 2. The van der Waals surface area contributed by atoms with E-state index in [0.717, 1.165) is 5.57 Å². The standard InChI is InChI=1S/C25H34O9/c1-10(2)6-16(27)34-18-17-12(4)19(28)25(31)22-23(5)13(11(3)7-14(26)20(23)29)8-15(33-21(18)30)24(17,22)9-32-25/h7,10,12-13,15,17-20,22,28-29,31H,6,8-9H2,1-5H3/t12-,13+,15-,17-,18-,19-,20-,22-,23-,24?,25-/m1/s1. The third-order valence-electron chi connectivity index (χ3n) is 9.46. The van der Waals surface area contributed by atoms with Gasteiger partial charge in [0.25, 0.3) is 0 Å². The van der Waals surface area contributed by atoms with E-state index in [4.69, 9.17) is 14.2 Å². The highest BCUT2D eigenvalue weighted by Crippen LogP contribution is 2.73. The number of allylic oxidation sites excluding steroid dienone is 1. The van der Waals surface area contributed by atoms with Gasteiger partial charge in [-0.15, -0.1) is 0 Å². The van der Waals surface area contributed by atoms with Crippen LogP contribution in [0.2, 0.25) is 0 Å². The molecule has 0 radical (unpaired) electrons. The van der Waals surface area contributed by atoms with Gasteiger partial charge in [0.05, 0.1) is 6.61 Å². The molecule has 2 bridgehead atoms. The zero-order valence-corrected chi connectivity index (χ0v) is 20.2. The lowest BCUT2D eigenvalue weighted by atomic mass is 9.38. The molecule has 4 fully saturated rings. The molecule has 3 aliphatic carbocycles. The van der Waals surface area contributed by atoms with E-state index in [1.807, 2.05) is 13.8 Å². The van der Waals surface area contributed by atoms with Crippen molar-refractivity contribution in [3.63, 3.8) is 0 Å². The van der Waals surface area contributed by atoms with Crippen LogP contribution in [0.3, 0.4) is 0 Å². The van der Waals surface area contributed by atoms with Crippen LogP contribution in [0.4, 0.5) is 0 Å². The van der Waals surface area contributed by atoms with Crippen molar-refractivity contribution in [3.05, 3.63) is 11.6 Å². The average Bonchev–Trinajstić information content (AvgIpc) is 3.03. The van der Waals surface area contributed by atoms with E-state index in [-0.39, 0.29) is 24.9 Å². The molecule has 2 heterocycles. The lowest BCUT2D eigenvalue weighted by molar-refractivity contribution is -0.340. The summed E-state index contributed by atoms with van der Waals surface area (Å²) in [5.74, 6) is -6.44. The molecule has 9 nitrogen and oxygen atoms in total. The molecule has 2 aliphatic heterocycles. The molecular weight excluding hydrogens is 444 g/mol. The summed E-state index contributed by atoms with van der Waals surface area (Å²) in [6, 6.07) is 0. The Morgan fingerprint density at radius 2 is 1.97 bits per heavy atom. The molecule has 0 aromatic heterocycles. The lowest BCUT2D eigenvalue weighted by Gasteiger charge is -2.68. The topological polar surface area (TPSA) is 140 Å². The smallest absolute Gasteiger partial charge is 0.348 e. The Hall–Kier alpha value is -1.81. The normalized spacial score (nSPS) is 51.4. The average molecular weight is 479 g/mol. The fourth-order valence-electron chi connectivity index (χ4n) is 8.26. The molecule has 0 aromatic carbocycles. The molecule has 5 rings (SSSR count). The number of aliphatic hydroxyl groups excluding tert-OH is 2. The van der Waals surface area contributed by atoms with Gasteiger partial charge in [0.15, 0.2) is 11.6 Å². The van der Waals surface area contributed by atoms with Gasteiger partial charge in [-0.1, -0.05) is 33.3 Å². The monoisotopic (exact) mass is 478 g/mol. The van der Waals surface area contributed by atoms with Gasteiger partial charge in [0.1, 0.15) is 18.3 Å². The van der Waals surface area contributed by atoms with Gasteiger partial charge in [-0.3, -0.25) is 9.59 Å². The molecule has 9 heteroatoms. The lowest BCUT2D eigenvalue weighted by Crippen LogP contribution is -2.78. The molecule has 1 spiro atoms. The predicted molar refractivity (Wildman–Crippen MR) is 116 cm³/mol. The third-order valence-corrected chi connectivity index (χ3v) is 9.46. The quantitative estimate of drug-likeness (QED) is 0.501. The molecule has 1 unspecified atom stereocenters. The Morgan fingerprint density at radius 1 is 1.29 bits per heavy atom. The van der Waals surface area contributed by atoms with Gasteiger partial charge < -0.3 is 29.5 Å². The fraction of sp³-hybridized carbons (Fsp3) is 0.800. The number of carbonyl (C=O) groups excluding carboxylic acids is 3. The van der Waals surface area contributed by atoms with Crippen molar-refractivity contribution in [2.75, 3.05) is 6.61 Å². The van der Waals surface area contributed by atoms with E-state index < -0.39 is 76.5 Å². The Balaban J connectivity index is 1.68. The minimum atomic E-state index is -2.06. The largest absolute Gasteiger partial charge is 0.459 e. The summed E-state index contributed by atoms with van der Waals surface area (Å²) in [6.45, 7) is 8.91. The Kier molecular flexibility index (Phi) is 5.17.